The standard InChI is InChI=1S/C13H23N3O2/c1-10(2)15-12-14-7-6-11(16-12)17-8-9-18-13(3,4)5/h6-7,10H,8-9H2,1-5H3,(H,14,15,16). The van der Waals surface area contributed by atoms with Gasteiger partial charge in [0.15, 0.2) is 0 Å². The highest BCUT2D eigenvalue weighted by atomic mass is 16.5. The molecule has 102 valence electrons. The molecule has 5 heteroatoms. The summed E-state index contributed by atoms with van der Waals surface area (Å²) < 4.78 is 11.1. The molecule has 0 aliphatic heterocycles. The largest absolute Gasteiger partial charge is 0.475 e. The lowest BCUT2D eigenvalue weighted by molar-refractivity contribution is -0.0168. The van der Waals surface area contributed by atoms with Crippen LogP contribution in [0.5, 0.6) is 5.88 Å². The van der Waals surface area contributed by atoms with Crippen LogP contribution in [0.1, 0.15) is 34.6 Å². The van der Waals surface area contributed by atoms with Gasteiger partial charge in [-0.05, 0) is 34.6 Å². The second-order valence-electron chi connectivity index (χ2n) is 5.33. The Bertz CT molecular complexity index is 361. The molecular weight excluding hydrogens is 230 g/mol. The van der Waals surface area contributed by atoms with Gasteiger partial charge < -0.3 is 14.8 Å². The smallest absolute Gasteiger partial charge is 0.226 e. The summed E-state index contributed by atoms with van der Waals surface area (Å²) >= 11 is 0. The predicted octanol–water partition coefficient (Wildman–Crippen LogP) is 2.49. The van der Waals surface area contributed by atoms with E-state index < -0.39 is 0 Å². The summed E-state index contributed by atoms with van der Waals surface area (Å²) in [6.45, 7) is 11.1. The van der Waals surface area contributed by atoms with Crippen molar-refractivity contribution in [2.75, 3.05) is 18.5 Å². The van der Waals surface area contributed by atoms with Crippen molar-refractivity contribution in [3.05, 3.63) is 12.3 Å². The van der Waals surface area contributed by atoms with Gasteiger partial charge in [0.1, 0.15) is 6.61 Å². The molecule has 0 saturated carbocycles. The topological polar surface area (TPSA) is 56.3 Å². The molecule has 0 bridgehead atoms. The van der Waals surface area contributed by atoms with Crippen LogP contribution in [0.3, 0.4) is 0 Å². The number of nitrogens with zero attached hydrogens (tertiary/aromatic N) is 2. The van der Waals surface area contributed by atoms with Crippen molar-refractivity contribution in [1.82, 2.24) is 9.97 Å². The Morgan fingerprint density at radius 1 is 1.28 bits per heavy atom. The summed E-state index contributed by atoms with van der Waals surface area (Å²) in [5.41, 5.74) is -0.139. The Labute approximate surface area is 109 Å². The molecule has 5 nitrogen and oxygen atoms in total. The first kappa shape index (κ1) is 14.7. The number of hydrogen-bond donors (Lipinski definition) is 1. The minimum Gasteiger partial charge on any atom is -0.475 e. The second-order valence-corrected chi connectivity index (χ2v) is 5.33. The van der Waals surface area contributed by atoms with Crippen molar-refractivity contribution in [3.8, 4) is 5.88 Å². The summed E-state index contributed by atoms with van der Waals surface area (Å²) in [5.74, 6) is 1.14. The first-order valence-corrected chi connectivity index (χ1v) is 6.23. The Hall–Kier alpha value is -1.36. The van der Waals surface area contributed by atoms with Crippen molar-refractivity contribution in [1.29, 1.82) is 0 Å². The quantitative estimate of drug-likeness (QED) is 0.789. The van der Waals surface area contributed by atoms with Crippen molar-refractivity contribution in [2.45, 2.75) is 46.3 Å². The van der Waals surface area contributed by atoms with E-state index in [1.54, 1.807) is 12.3 Å². The first-order valence-electron chi connectivity index (χ1n) is 6.23. The Morgan fingerprint density at radius 2 is 2.00 bits per heavy atom. The average molecular weight is 253 g/mol. The molecular formula is C13H23N3O2. The van der Waals surface area contributed by atoms with Crippen molar-refractivity contribution in [2.24, 2.45) is 0 Å². The molecule has 1 rings (SSSR count). The fourth-order valence-corrected chi connectivity index (χ4v) is 1.24. The average Bonchev–Trinajstić information content (AvgIpc) is 2.23. The maximum Gasteiger partial charge on any atom is 0.226 e. The molecule has 0 aliphatic carbocycles. The van der Waals surface area contributed by atoms with Gasteiger partial charge in [0.2, 0.25) is 11.8 Å². The van der Waals surface area contributed by atoms with Gasteiger partial charge in [-0.3, -0.25) is 0 Å². The molecule has 0 amide bonds. The van der Waals surface area contributed by atoms with Crippen LogP contribution in [0, 0.1) is 0 Å². The van der Waals surface area contributed by atoms with Gasteiger partial charge in [0, 0.05) is 18.3 Å². The van der Waals surface area contributed by atoms with E-state index in [0.29, 0.717) is 31.1 Å². The normalized spacial score (nSPS) is 11.7. The van der Waals surface area contributed by atoms with Crippen LogP contribution in [0.15, 0.2) is 12.3 Å². The van der Waals surface area contributed by atoms with Gasteiger partial charge >= 0.3 is 0 Å². The van der Waals surface area contributed by atoms with E-state index in [4.69, 9.17) is 9.47 Å². The third-order valence-corrected chi connectivity index (χ3v) is 1.92. The van der Waals surface area contributed by atoms with Gasteiger partial charge in [-0.15, -0.1) is 0 Å². The monoisotopic (exact) mass is 253 g/mol. The highest BCUT2D eigenvalue weighted by Crippen LogP contribution is 2.10. The minimum absolute atomic E-state index is 0.139. The molecule has 0 spiro atoms. The van der Waals surface area contributed by atoms with Crippen LogP contribution in [0.2, 0.25) is 0 Å². The fraction of sp³-hybridized carbons (Fsp3) is 0.692. The lowest BCUT2D eigenvalue weighted by atomic mass is 10.2. The third kappa shape index (κ3) is 6.39. The van der Waals surface area contributed by atoms with Crippen LogP contribution in [-0.4, -0.2) is 34.8 Å². The van der Waals surface area contributed by atoms with Gasteiger partial charge in [-0.2, -0.15) is 4.98 Å². The molecule has 1 aromatic heterocycles. The van der Waals surface area contributed by atoms with Crippen LogP contribution >= 0.6 is 0 Å². The van der Waals surface area contributed by atoms with Gasteiger partial charge in [-0.1, -0.05) is 0 Å². The minimum atomic E-state index is -0.139. The molecule has 0 fully saturated rings. The molecule has 0 unspecified atom stereocenters. The number of hydrogen-bond acceptors (Lipinski definition) is 5. The molecule has 0 aliphatic rings. The SMILES string of the molecule is CC(C)Nc1nccc(OCCOC(C)(C)C)n1. The first-order chi connectivity index (χ1) is 8.37. The number of anilines is 1. The lowest BCUT2D eigenvalue weighted by Gasteiger charge is -2.19. The predicted molar refractivity (Wildman–Crippen MR) is 72.0 cm³/mol. The summed E-state index contributed by atoms with van der Waals surface area (Å²) in [6.07, 6.45) is 1.68. The number of aromatic nitrogens is 2. The molecule has 0 radical (unpaired) electrons. The van der Waals surface area contributed by atoms with Gasteiger partial charge in [0.05, 0.1) is 12.2 Å². The number of nitrogens with one attached hydrogen (secondary N) is 1. The zero-order chi connectivity index (χ0) is 13.6. The molecule has 0 atom stereocenters. The summed E-state index contributed by atoms with van der Waals surface area (Å²) in [6, 6.07) is 2.03. The van der Waals surface area contributed by atoms with E-state index in [2.05, 4.69) is 15.3 Å². The van der Waals surface area contributed by atoms with E-state index in [9.17, 15) is 0 Å². The van der Waals surface area contributed by atoms with Crippen molar-refractivity contribution < 1.29 is 9.47 Å². The second kappa shape index (κ2) is 6.54. The van der Waals surface area contributed by atoms with Crippen LogP contribution < -0.4 is 10.1 Å². The molecule has 1 heterocycles. The third-order valence-electron chi connectivity index (χ3n) is 1.92. The van der Waals surface area contributed by atoms with Crippen molar-refractivity contribution >= 4 is 5.95 Å². The highest BCUT2D eigenvalue weighted by Gasteiger charge is 2.09. The maximum absolute atomic E-state index is 5.56. The van der Waals surface area contributed by atoms with Crippen LogP contribution in [-0.2, 0) is 4.74 Å². The molecule has 1 aromatic rings. The van der Waals surface area contributed by atoms with Gasteiger partial charge in [0.25, 0.3) is 0 Å². The van der Waals surface area contributed by atoms with E-state index in [1.165, 1.54) is 0 Å². The van der Waals surface area contributed by atoms with E-state index in [0.717, 1.165) is 0 Å². The van der Waals surface area contributed by atoms with Crippen LogP contribution in [0.25, 0.3) is 0 Å². The maximum atomic E-state index is 5.56. The lowest BCUT2D eigenvalue weighted by Crippen LogP contribution is -2.22. The van der Waals surface area contributed by atoms with E-state index in [1.807, 2.05) is 34.6 Å². The Morgan fingerprint density at radius 3 is 2.61 bits per heavy atom. The van der Waals surface area contributed by atoms with Gasteiger partial charge in [-0.25, -0.2) is 4.98 Å². The molecule has 0 aromatic carbocycles. The summed E-state index contributed by atoms with van der Waals surface area (Å²) in [4.78, 5) is 8.36. The summed E-state index contributed by atoms with van der Waals surface area (Å²) in [5, 5.41) is 3.13. The molecule has 1 N–H and O–H groups in total. The van der Waals surface area contributed by atoms with Crippen molar-refractivity contribution in [3.63, 3.8) is 0 Å². The summed E-state index contributed by atoms with van der Waals surface area (Å²) in [7, 11) is 0. The Kier molecular flexibility index (Phi) is 5.34. The van der Waals surface area contributed by atoms with E-state index in [-0.39, 0.29) is 5.60 Å². The van der Waals surface area contributed by atoms with Crippen LogP contribution in [0.4, 0.5) is 5.95 Å². The number of ether oxygens (including phenoxy) is 2. The molecule has 18 heavy (non-hydrogen) atoms. The van der Waals surface area contributed by atoms with E-state index >= 15 is 0 Å². The fourth-order valence-electron chi connectivity index (χ4n) is 1.24. The molecule has 0 saturated heterocycles. The Balaban J connectivity index is 2.38. The zero-order valence-electron chi connectivity index (χ0n) is 11.9. The highest BCUT2D eigenvalue weighted by molar-refractivity contribution is 5.28. The zero-order valence-corrected chi connectivity index (χ0v) is 11.9. The number of rotatable bonds is 6.